The predicted octanol–water partition coefficient (Wildman–Crippen LogP) is 1.16. The summed E-state index contributed by atoms with van der Waals surface area (Å²) in [5, 5.41) is 10.7. The Morgan fingerprint density at radius 2 is 1.70 bits per heavy atom. The minimum atomic E-state index is -5.08. The summed E-state index contributed by atoms with van der Waals surface area (Å²) in [6, 6.07) is 1.05. The molecule has 0 radical (unpaired) electrons. The Kier molecular flexibility index (Phi) is 5.55. The zero-order valence-corrected chi connectivity index (χ0v) is 10.8. The van der Waals surface area contributed by atoms with Crippen LogP contribution >= 0.6 is 0 Å². The maximum atomic E-state index is 11.4. The summed E-state index contributed by atoms with van der Waals surface area (Å²) in [5.74, 6) is -2.68. The van der Waals surface area contributed by atoms with Gasteiger partial charge in [0.05, 0.1) is 0 Å². The van der Waals surface area contributed by atoms with Crippen LogP contribution in [0.1, 0.15) is 19.3 Å². The van der Waals surface area contributed by atoms with Gasteiger partial charge in [-0.1, -0.05) is 13.0 Å². The summed E-state index contributed by atoms with van der Waals surface area (Å²) in [6.07, 6.45) is 0.0499. The highest BCUT2D eigenvalue weighted by atomic mass is 19.4. The Hall–Kier alpha value is -1.57. The monoisotopic (exact) mass is 294 g/mol. The van der Waals surface area contributed by atoms with Gasteiger partial charge >= 0.3 is 12.1 Å². The number of nitrogens with one attached hydrogen (secondary N) is 1. The molecule has 0 aromatic heterocycles. The number of piperidine rings is 1. The Bertz CT molecular complexity index is 373. The van der Waals surface area contributed by atoms with E-state index in [0.29, 0.717) is 12.1 Å². The second-order valence-electron chi connectivity index (χ2n) is 4.74. The lowest BCUT2D eigenvalue weighted by atomic mass is 9.94. The Labute approximate surface area is 114 Å². The average molecular weight is 294 g/mol. The lowest BCUT2D eigenvalue weighted by Crippen LogP contribution is -2.59. The number of alkyl halides is 3. The number of carbonyl (C=O) groups excluding carboxylic acids is 1. The van der Waals surface area contributed by atoms with Crippen molar-refractivity contribution in [2.24, 2.45) is 0 Å². The van der Waals surface area contributed by atoms with Gasteiger partial charge in [-0.25, -0.2) is 4.79 Å². The molecule has 2 rings (SSSR count). The molecule has 1 amide bonds. The van der Waals surface area contributed by atoms with Crippen LogP contribution in [-0.4, -0.2) is 53.2 Å². The van der Waals surface area contributed by atoms with Crippen molar-refractivity contribution in [3.8, 4) is 0 Å². The summed E-state index contributed by atoms with van der Waals surface area (Å²) in [6.45, 7) is 5.24. The van der Waals surface area contributed by atoms with Crippen molar-refractivity contribution in [3.05, 3.63) is 12.7 Å². The van der Waals surface area contributed by atoms with Crippen LogP contribution in [0.15, 0.2) is 12.7 Å². The number of rotatable bonds is 1. The van der Waals surface area contributed by atoms with Gasteiger partial charge in [-0.15, -0.1) is 0 Å². The third kappa shape index (κ3) is 4.84. The van der Waals surface area contributed by atoms with Crippen molar-refractivity contribution in [1.29, 1.82) is 0 Å². The third-order valence-corrected chi connectivity index (χ3v) is 3.19. The molecule has 5 nitrogen and oxygen atoms in total. The molecule has 2 aliphatic heterocycles. The first kappa shape index (κ1) is 16.5. The van der Waals surface area contributed by atoms with Crippen molar-refractivity contribution in [2.45, 2.75) is 37.5 Å². The van der Waals surface area contributed by atoms with Crippen molar-refractivity contribution in [1.82, 2.24) is 10.2 Å². The molecule has 2 bridgehead atoms. The van der Waals surface area contributed by atoms with E-state index in [0.717, 1.165) is 13.1 Å². The van der Waals surface area contributed by atoms with Gasteiger partial charge in [0.25, 0.3) is 0 Å². The Morgan fingerprint density at radius 3 is 2.05 bits per heavy atom. The van der Waals surface area contributed by atoms with Gasteiger partial charge in [0.15, 0.2) is 0 Å². The second-order valence-corrected chi connectivity index (χ2v) is 4.74. The van der Waals surface area contributed by atoms with Crippen molar-refractivity contribution in [3.63, 3.8) is 0 Å². The Balaban J connectivity index is 0.000000246. The van der Waals surface area contributed by atoms with Gasteiger partial charge in [0, 0.05) is 25.2 Å². The van der Waals surface area contributed by atoms with E-state index in [-0.39, 0.29) is 5.91 Å². The first-order valence-electron chi connectivity index (χ1n) is 6.21. The highest BCUT2D eigenvalue weighted by Gasteiger charge is 2.38. The summed E-state index contributed by atoms with van der Waals surface area (Å²) in [7, 11) is 0. The standard InChI is InChI=1S/C10H16N2O.C2HF3O2/c1-2-10(13)12-6-8-4-3-5-9(7-12)11-8;3-2(4,5)1(6)7/h2,8-9,11H,1,3-7H2;(H,6,7). The van der Waals surface area contributed by atoms with Crippen LogP contribution < -0.4 is 5.32 Å². The molecule has 8 heteroatoms. The molecule has 2 aliphatic rings. The molecule has 2 heterocycles. The van der Waals surface area contributed by atoms with E-state index in [1.807, 2.05) is 4.90 Å². The number of piperazine rings is 1. The number of nitrogens with zero attached hydrogens (tertiary/aromatic N) is 1. The quantitative estimate of drug-likeness (QED) is 0.712. The minimum absolute atomic E-state index is 0.0819. The van der Waals surface area contributed by atoms with Crippen molar-refractivity contribution in [2.75, 3.05) is 13.1 Å². The smallest absolute Gasteiger partial charge is 0.475 e. The maximum Gasteiger partial charge on any atom is 0.490 e. The van der Waals surface area contributed by atoms with Gasteiger partial charge in [-0.05, 0) is 18.9 Å². The molecule has 0 spiro atoms. The topological polar surface area (TPSA) is 69.6 Å². The summed E-state index contributed by atoms with van der Waals surface area (Å²) in [4.78, 5) is 22.2. The molecule has 0 aliphatic carbocycles. The summed E-state index contributed by atoms with van der Waals surface area (Å²) < 4.78 is 31.7. The fourth-order valence-electron chi connectivity index (χ4n) is 2.31. The minimum Gasteiger partial charge on any atom is -0.475 e. The number of hydrogen-bond donors (Lipinski definition) is 2. The molecule has 20 heavy (non-hydrogen) atoms. The molecule has 0 aromatic carbocycles. The fourth-order valence-corrected chi connectivity index (χ4v) is 2.31. The van der Waals surface area contributed by atoms with Gasteiger partial charge in [-0.2, -0.15) is 13.2 Å². The maximum absolute atomic E-state index is 11.4. The zero-order valence-electron chi connectivity index (χ0n) is 10.8. The molecule has 2 unspecified atom stereocenters. The van der Waals surface area contributed by atoms with Crippen LogP contribution in [0.4, 0.5) is 13.2 Å². The van der Waals surface area contributed by atoms with Crippen LogP contribution in [-0.2, 0) is 9.59 Å². The van der Waals surface area contributed by atoms with Crippen molar-refractivity contribution < 1.29 is 27.9 Å². The van der Waals surface area contributed by atoms with Gasteiger partial charge < -0.3 is 15.3 Å². The molecule has 2 atom stereocenters. The van der Waals surface area contributed by atoms with Gasteiger partial charge in [0.1, 0.15) is 0 Å². The second kappa shape index (κ2) is 6.74. The first-order valence-corrected chi connectivity index (χ1v) is 6.21. The van der Waals surface area contributed by atoms with E-state index in [4.69, 9.17) is 9.90 Å². The number of amides is 1. The number of likely N-dealkylation sites (tertiary alicyclic amines) is 1. The molecular formula is C12H17F3N2O3. The van der Waals surface area contributed by atoms with E-state index in [1.54, 1.807) is 0 Å². The van der Waals surface area contributed by atoms with Crippen LogP contribution in [0.25, 0.3) is 0 Å². The van der Waals surface area contributed by atoms with Crippen LogP contribution in [0, 0.1) is 0 Å². The molecule has 0 aromatic rings. The zero-order chi connectivity index (χ0) is 15.3. The van der Waals surface area contributed by atoms with Crippen LogP contribution in [0.5, 0.6) is 0 Å². The number of hydrogen-bond acceptors (Lipinski definition) is 3. The number of carboxylic acid groups (broad SMARTS) is 1. The molecule has 114 valence electrons. The lowest BCUT2D eigenvalue weighted by Gasteiger charge is -2.42. The SMILES string of the molecule is C=CC(=O)N1CC2CCCC(C1)N2.O=C(O)C(F)(F)F. The van der Waals surface area contributed by atoms with Gasteiger partial charge in [0.2, 0.25) is 5.91 Å². The highest BCUT2D eigenvalue weighted by Crippen LogP contribution is 2.19. The summed E-state index contributed by atoms with van der Waals surface area (Å²) >= 11 is 0. The van der Waals surface area contributed by atoms with E-state index in [1.165, 1.54) is 25.3 Å². The number of carboxylic acids is 1. The van der Waals surface area contributed by atoms with Crippen LogP contribution in [0.3, 0.4) is 0 Å². The third-order valence-electron chi connectivity index (χ3n) is 3.19. The Morgan fingerprint density at radius 1 is 1.25 bits per heavy atom. The normalized spacial score (nSPS) is 25.2. The van der Waals surface area contributed by atoms with E-state index in [2.05, 4.69) is 11.9 Å². The van der Waals surface area contributed by atoms with E-state index >= 15 is 0 Å². The van der Waals surface area contributed by atoms with Crippen molar-refractivity contribution >= 4 is 11.9 Å². The molecular weight excluding hydrogens is 277 g/mol. The van der Waals surface area contributed by atoms with E-state index < -0.39 is 12.1 Å². The number of aliphatic carboxylic acids is 1. The molecule has 2 fully saturated rings. The fraction of sp³-hybridized carbons (Fsp3) is 0.667. The van der Waals surface area contributed by atoms with Crippen LogP contribution in [0.2, 0.25) is 0 Å². The first-order chi connectivity index (χ1) is 9.24. The summed E-state index contributed by atoms with van der Waals surface area (Å²) in [5.41, 5.74) is 0. The van der Waals surface area contributed by atoms with E-state index in [9.17, 15) is 18.0 Å². The largest absolute Gasteiger partial charge is 0.490 e. The average Bonchev–Trinajstić information content (AvgIpc) is 2.37. The van der Waals surface area contributed by atoms with Gasteiger partial charge in [-0.3, -0.25) is 4.79 Å². The number of carbonyl (C=O) groups is 2. The number of halogens is 3. The molecule has 2 saturated heterocycles. The molecule has 0 saturated carbocycles. The number of fused-ring (bicyclic) bond motifs is 2. The molecule has 2 N–H and O–H groups in total. The predicted molar refractivity (Wildman–Crippen MR) is 65.0 cm³/mol. The lowest BCUT2D eigenvalue weighted by molar-refractivity contribution is -0.192. The highest BCUT2D eigenvalue weighted by molar-refractivity contribution is 5.87.